The molecule has 2 aromatic carbocycles. The van der Waals surface area contributed by atoms with Gasteiger partial charge in [-0.2, -0.15) is 0 Å². The van der Waals surface area contributed by atoms with Crippen molar-refractivity contribution in [2.24, 2.45) is 0 Å². The molecular weight excluding hydrogens is 348 g/mol. The average Bonchev–Trinajstić information content (AvgIpc) is 2.99. The lowest BCUT2D eigenvalue weighted by molar-refractivity contribution is 0.0925. The smallest absolute Gasteiger partial charge is 0.138 e. The molecule has 0 aliphatic carbocycles. The van der Waals surface area contributed by atoms with Gasteiger partial charge in [-0.15, -0.1) is 0 Å². The fourth-order valence-electron chi connectivity index (χ4n) is 3.02. The summed E-state index contributed by atoms with van der Waals surface area (Å²) in [5.41, 5.74) is 3.07. The Bertz CT molecular complexity index is 891. The number of nitrogens with zero attached hydrogens (tertiary/aromatic N) is 2. The maximum absolute atomic E-state index is 10.5. The molecule has 0 aliphatic rings. The first-order valence-corrected chi connectivity index (χ1v) is 9.39. The van der Waals surface area contributed by atoms with Crippen LogP contribution in [-0.4, -0.2) is 27.4 Å². The summed E-state index contributed by atoms with van der Waals surface area (Å²) in [5.74, 6) is 1.91. The van der Waals surface area contributed by atoms with Gasteiger partial charge >= 0.3 is 0 Å². The SMILES string of the molecule is CCC(C)c1nc2ccccc2n1CC(O)COc1ccc(C)cc1Cl. The molecule has 0 fully saturated rings. The zero-order chi connectivity index (χ0) is 18.7. The van der Waals surface area contributed by atoms with Crippen LogP contribution in [0, 0.1) is 6.92 Å². The quantitative estimate of drug-likeness (QED) is 0.638. The largest absolute Gasteiger partial charge is 0.489 e. The Hall–Kier alpha value is -2.04. The van der Waals surface area contributed by atoms with Crippen LogP contribution in [0.15, 0.2) is 42.5 Å². The molecule has 2 atom stereocenters. The van der Waals surface area contributed by atoms with E-state index in [1.54, 1.807) is 0 Å². The number of rotatable bonds is 7. The van der Waals surface area contributed by atoms with E-state index in [1.807, 2.05) is 49.4 Å². The zero-order valence-electron chi connectivity index (χ0n) is 15.4. The van der Waals surface area contributed by atoms with Gasteiger partial charge in [0.05, 0.1) is 22.6 Å². The zero-order valence-corrected chi connectivity index (χ0v) is 16.2. The minimum atomic E-state index is -0.659. The van der Waals surface area contributed by atoms with Crippen molar-refractivity contribution in [3.63, 3.8) is 0 Å². The minimum absolute atomic E-state index is 0.176. The fourth-order valence-corrected chi connectivity index (χ4v) is 3.31. The Morgan fingerprint density at radius 3 is 2.73 bits per heavy atom. The van der Waals surface area contributed by atoms with Crippen molar-refractivity contribution in [3.8, 4) is 5.75 Å². The molecule has 26 heavy (non-hydrogen) atoms. The number of para-hydroxylation sites is 2. The number of aliphatic hydroxyl groups excluding tert-OH is 1. The second kappa shape index (κ2) is 8.11. The maximum Gasteiger partial charge on any atom is 0.138 e. The molecule has 0 saturated heterocycles. The van der Waals surface area contributed by atoms with E-state index in [1.165, 1.54) is 0 Å². The molecule has 0 radical (unpaired) electrons. The normalized spacial score (nSPS) is 13.7. The van der Waals surface area contributed by atoms with Gasteiger partial charge in [0.25, 0.3) is 0 Å². The highest BCUT2D eigenvalue weighted by atomic mass is 35.5. The number of hydrogen-bond donors (Lipinski definition) is 1. The number of aryl methyl sites for hydroxylation is 1. The van der Waals surface area contributed by atoms with Gasteiger partial charge in [0, 0.05) is 5.92 Å². The molecule has 3 rings (SSSR count). The molecule has 1 N–H and O–H groups in total. The van der Waals surface area contributed by atoms with Crippen LogP contribution in [0.25, 0.3) is 11.0 Å². The molecule has 0 aliphatic heterocycles. The van der Waals surface area contributed by atoms with Crippen LogP contribution in [0.5, 0.6) is 5.75 Å². The monoisotopic (exact) mass is 372 g/mol. The van der Waals surface area contributed by atoms with E-state index in [0.29, 0.717) is 23.2 Å². The molecule has 5 heteroatoms. The van der Waals surface area contributed by atoms with E-state index in [4.69, 9.17) is 21.3 Å². The first-order chi connectivity index (χ1) is 12.5. The molecule has 0 spiro atoms. The molecule has 138 valence electrons. The Morgan fingerprint density at radius 2 is 2.00 bits per heavy atom. The molecule has 4 nitrogen and oxygen atoms in total. The summed E-state index contributed by atoms with van der Waals surface area (Å²) in [7, 11) is 0. The Morgan fingerprint density at radius 1 is 1.23 bits per heavy atom. The number of ether oxygens (including phenoxy) is 1. The summed E-state index contributed by atoms with van der Waals surface area (Å²) < 4.78 is 7.83. The predicted molar refractivity (Wildman–Crippen MR) is 106 cm³/mol. The Kier molecular flexibility index (Phi) is 5.84. The van der Waals surface area contributed by atoms with Crippen LogP contribution < -0.4 is 4.74 Å². The molecule has 1 heterocycles. The molecule has 0 saturated carbocycles. The van der Waals surface area contributed by atoms with Crippen molar-refractivity contribution in [2.45, 2.75) is 45.8 Å². The van der Waals surface area contributed by atoms with Gasteiger partial charge in [-0.3, -0.25) is 0 Å². The topological polar surface area (TPSA) is 47.3 Å². The van der Waals surface area contributed by atoms with Crippen molar-refractivity contribution in [2.75, 3.05) is 6.61 Å². The summed E-state index contributed by atoms with van der Waals surface area (Å²) in [6.07, 6.45) is 0.335. The highest BCUT2D eigenvalue weighted by Crippen LogP contribution is 2.26. The van der Waals surface area contributed by atoms with Gasteiger partial charge in [0.15, 0.2) is 0 Å². The molecule has 0 bridgehead atoms. The third-order valence-corrected chi connectivity index (χ3v) is 4.94. The fraction of sp³-hybridized carbons (Fsp3) is 0.381. The van der Waals surface area contributed by atoms with Gasteiger partial charge < -0.3 is 14.4 Å². The van der Waals surface area contributed by atoms with Crippen LogP contribution in [0.1, 0.15) is 37.6 Å². The second-order valence-corrected chi connectivity index (χ2v) is 7.18. The van der Waals surface area contributed by atoms with Crippen molar-refractivity contribution >= 4 is 22.6 Å². The second-order valence-electron chi connectivity index (χ2n) is 6.78. The van der Waals surface area contributed by atoms with E-state index >= 15 is 0 Å². The molecule has 3 aromatic rings. The Labute approximate surface area is 159 Å². The van der Waals surface area contributed by atoms with Crippen LogP contribution in [0.4, 0.5) is 0 Å². The van der Waals surface area contributed by atoms with Crippen LogP contribution in [0.2, 0.25) is 5.02 Å². The molecular formula is C21H25ClN2O2. The van der Waals surface area contributed by atoms with Gasteiger partial charge in [0.1, 0.15) is 24.3 Å². The van der Waals surface area contributed by atoms with Crippen LogP contribution in [0.3, 0.4) is 0 Å². The van der Waals surface area contributed by atoms with Gasteiger partial charge in [-0.25, -0.2) is 4.98 Å². The summed E-state index contributed by atoms with van der Waals surface area (Å²) in [6, 6.07) is 13.7. The van der Waals surface area contributed by atoms with Crippen LogP contribution in [-0.2, 0) is 6.54 Å². The summed E-state index contributed by atoms with van der Waals surface area (Å²) in [6.45, 7) is 6.89. The van der Waals surface area contributed by atoms with Gasteiger partial charge in [0.2, 0.25) is 0 Å². The summed E-state index contributed by atoms with van der Waals surface area (Å²) >= 11 is 6.20. The summed E-state index contributed by atoms with van der Waals surface area (Å²) in [5, 5.41) is 11.1. The number of aliphatic hydroxyl groups is 1. The van der Waals surface area contributed by atoms with E-state index in [9.17, 15) is 5.11 Å². The molecule has 0 amide bonds. The van der Waals surface area contributed by atoms with Crippen molar-refractivity contribution < 1.29 is 9.84 Å². The number of hydrogen-bond acceptors (Lipinski definition) is 3. The maximum atomic E-state index is 10.5. The molecule has 2 unspecified atom stereocenters. The molecule has 1 aromatic heterocycles. The third kappa shape index (κ3) is 4.02. The number of imidazole rings is 1. The van der Waals surface area contributed by atoms with Crippen LogP contribution >= 0.6 is 11.6 Å². The van der Waals surface area contributed by atoms with Gasteiger partial charge in [-0.05, 0) is 43.2 Å². The number of halogens is 1. The number of aromatic nitrogens is 2. The highest BCUT2D eigenvalue weighted by molar-refractivity contribution is 6.32. The van der Waals surface area contributed by atoms with E-state index in [0.717, 1.165) is 28.8 Å². The van der Waals surface area contributed by atoms with E-state index in [2.05, 4.69) is 18.4 Å². The van der Waals surface area contributed by atoms with Crippen molar-refractivity contribution in [3.05, 3.63) is 58.9 Å². The lowest BCUT2D eigenvalue weighted by atomic mass is 10.1. The first-order valence-electron chi connectivity index (χ1n) is 9.01. The number of benzene rings is 2. The van der Waals surface area contributed by atoms with E-state index < -0.39 is 6.10 Å². The third-order valence-electron chi connectivity index (χ3n) is 4.65. The average molecular weight is 373 g/mol. The van der Waals surface area contributed by atoms with E-state index in [-0.39, 0.29) is 6.61 Å². The van der Waals surface area contributed by atoms with Crippen molar-refractivity contribution in [1.29, 1.82) is 0 Å². The Balaban J connectivity index is 1.77. The minimum Gasteiger partial charge on any atom is -0.489 e. The summed E-state index contributed by atoms with van der Waals surface area (Å²) in [4.78, 5) is 4.77. The standard InChI is InChI=1S/C21H25ClN2O2/c1-4-15(3)21-23-18-7-5-6-8-19(18)24(21)12-16(25)13-26-20-10-9-14(2)11-17(20)22/h5-11,15-16,25H,4,12-13H2,1-3H3. The lowest BCUT2D eigenvalue weighted by Gasteiger charge is -2.18. The van der Waals surface area contributed by atoms with Gasteiger partial charge in [-0.1, -0.05) is 43.6 Å². The van der Waals surface area contributed by atoms with Crippen molar-refractivity contribution in [1.82, 2.24) is 9.55 Å². The first kappa shape index (κ1) is 18.7. The predicted octanol–water partition coefficient (Wildman–Crippen LogP) is 4.95. The number of fused-ring (bicyclic) bond motifs is 1. The highest BCUT2D eigenvalue weighted by Gasteiger charge is 2.18. The lowest BCUT2D eigenvalue weighted by Crippen LogP contribution is -2.25.